The maximum Gasteiger partial charge on any atom is 0.311 e. The lowest BCUT2D eigenvalue weighted by atomic mass is 9.94. The van der Waals surface area contributed by atoms with Crippen LogP contribution in [-0.4, -0.2) is 23.1 Å². The van der Waals surface area contributed by atoms with Crippen molar-refractivity contribution in [2.75, 3.05) is 0 Å². The van der Waals surface area contributed by atoms with E-state index >= 15 is 0 Å². The smallest absolute Gasteiger partial charge is 0.311 e. The Morgan fingerprint density at radius 1 is 1.16 bits per heavy atom. The van der Waals surface area contributed by atoms with E-state index in [9.17, 15) is 14.7 Å². The molecule has 1 aliphatic rings. The van der Waals surface area contributed by atoms with Gasteiger partial charge in [-0.05, 0) is 25.5 Å². The van der Waals surface area contributed by atoms with Crippen molar-refractivity contribution in [2.45, 2.75) is 38.3 Å². The molecule has 0 bridgehead atoms. The molecule has 0 spiro atoms. The molecule has 1 heterocycles. The summed E-state index contributed by atoms with van der Waals surface area (Å²) in [7, 11) is 0. The molecule has 2 N–H and O–H groups in total. The molecule has 3 unspecified atom stereocenters. The van der Waals surface area contributed by atoms with Crippen molar-refractivity contribution in [1.29, 1.82) is 0 Å². The van der Waals surface area contributed by atoms with Crippen LogP contribution in [0.3, 0.4) is 0 Å². The first-order chi connectivity index (χ1) is 12.0. The van der Waals surface area contributed by atoms with E-state index in [-0.39, 0.29) is 24.5 Å². The van der Waals surface area contributed by atoms with Crippen LogP contribution in [0.15, 0.2) is 48.5 Å². The van der Waals surface area contributed by atoms with Crippen LogP contribution in [0.1, 0.15) is 42.0 Å². The third-order valence-electron chi connectivity index (χ3n) is 4.52. The van der Waals surface area contributed by atoms with Crippen LogP contribution in [0.2, 0.25) is 0 Å². The molecule has 5 heteroatoms. The van der Waals surface area contributed by atoms with Gasteiger partial charge in [-0.25, -0.2) is 0 Å². The van der Waals surface area contributed by atoms with Crippen molar-refractivity contribution >= 4 is 11.9 Å². The Bertz CT molecular complexity index is 785. The molecule has 25 heavy (non-hydrogen) atoms. The predicted octanol–water partition coefficient (Wildman–Crippen LogP) is 3.19. The fraction of sp³-hybridized carbons (Fsp3) is 0.300. The molecule has 130 valence electrons. The van der Waals surface area contributed by atoms with Crippen LogP contribution < -0.4 is 10.1 Å². The summed E-state index contributed by atoms with van der Waals surface area (Å²) in [6.07, 6.45) is -0.298. The Labute approximate surface area is 146 Å². The summed E-state index contributed by atoms with van der Waals surface area (Å²) in [5.41, 5.74) is 2.60. The van der Waals surface area contributed by atoms with Crippen LogP contribution >= 0.6 is 0 Å². The fourth-order valence-electron chi connectivity index (χ4n) is 3.13. The number of hydrogen-bond acceptors (Lipinski definition) is 3. The molecule has 0 radical (unpaired) electrons. The average Bonchev–Trinajstić information content (AvgIpc) is 2.89. The first-order valence-electron chi connectivity index (χ1n) is 8.30. The molecule has 1 amide bonds. The van der Waals surface area contributed by atoms with Crippen LogP contribution in [-0.2, 0) is 9.59 Å². The normalized spacial score (nSPS) is 19.6. The minimum absolute atomic E-state index is 0.107. The number of nitrogens with one attached hydrogen (secondary N) is 1. The van der Waals surface area contributed by atoms with Crippen molar-refractivity contribution in [3.63, 3.8) is 0 Å². The zero-order chi connectivity index (χ0) is 18.0. The summed E-state index contributed by atoms with van der Waals surface area (Å²) in [6, 6.07) is 14.5. The van der Waals surface area contributed by atoms with Gasteiger partial charge < -0.3 is 15.2 Å². The second kappa shape index (κ2) is 6.97. The molecule has 0 aliphatic carbocycles. The summed E-state index contributed by atoms with van der Waals surface area (Å²) < 4.78 is 5.74. The first kappa shape index (κ1) is 17.0. The van der Waals surface area contributed by atoms with Crippen LogP contribution in [0.5, 0.6) is 5.75 Å². The van der Waals surface area contributed by atoms with Crippen molar-refractivity contribution in [2.24, 2.45) is 0 Å². The molecule has 5 nitrogen and oxygen atoms in total. The minimum atomic E-state index is -1.00. The first-order valence-corrected chi connectivity index (χ1v) is 8.30. The Kier molecular flexibility index (Phi) is 4.74. The van der Waals surface area contributed by atoms with Crippen molar-refractivity contribution in [3.05, 3.63) is 65.2 Å². The molecule has 2 aromatic rings. The largest absolute Gasteiger partial charge is 0.488 e. The number of amides is 1. The van der Waals surface area contributed by atoms with Gasteiger partial charge >= 0.3 is 5.97 Å². The zero-order valence-electron chi connectivity index (χ0n) is 14.2. The van der Waals surface area contributed by atoms with E-state index in [1.807, 2.05) is 50.2 Å². The van der Waals surface area contributed by atoms with E-state index in [2.05, 4.69) is 5.32 Å². The molecule has 3 rings (SSSR count). The Balaban J connectivity index is 1.72. The van der Waals surface area contributed by atoms with Gasteiger partial charge in [0.25, 0.3) is 0 Å². The molecule has 0 aromatic heterocycles. The molecule has 1 aliphatic heterocycles. The second-order valence-corrected chi connectivity index (χ2v) is 6.41. The highest BCUT2D eigenvalue weighted by Crippen LogP contribution is 2.36. The number of aliphatic carboxylic acids is 1. The number of carboxylic acids is 1. The van der Waals surface area contributed by atoms with Crippen LogP contribution in [0.4, 0.5) is 0 Å². The Hall–Kier alpha value is -2.82. The summed E-state index contributed by atoms with van der Waals surface area (Å²) in [4.78, 5) is 24.1. The quantitative estimate of drug-likeness (QED) is 0.877. The minimum Gasteiger partial charge on any atom is -0.488 e. The van der Waals surface area contributed by atoms with Gasteiger partial charge in [0.05, 0.1) is 12.0 Å². The highest BCUT2D eigenvalue weighted by atomic mass is 16.5. The van der Waals surface area contributed by atoms with Crippen molar-refractivity contribution in [3.8, 4) is 5.75 Å². The van der Waals surface area contributed by atoms with Gasteiger partial charge in [-0.2, -0.15) is 0 Å². The molecular weight excluding hydrogens is 318 g/mol. The number of carboxylic acid groups (broad SMARTS) is 1. The summed E-state index contributed by atoms with van der Waals surface area (Å²) >= 11 is 0. The van der Waals surface area contributed by atoms with E-state index in [0.29, 0.717) is 5.56 Å². The van der Waals surface area contributed by atoms with Gasteiger partial charge in [-0.1, -0.05) is 48.0 Å². The number of carbonyl (C=O) groups excluding carboxylic acids is 1. The lowest BCUT2D eigenvalue weighted by Gasteiger charge is -2.19. The average molecular weight is 339 g/mol. The summed E-state index contributed by atoms with van der Waals surface area (Å²) in [5.74, 6) is -1.41. The number of rotatable bonds is 5. The SMILES string of the molecule is Cc1ccc(C(CC(=O)NC2c3ccccc3OC2C)C(=O)O)cc1. The lowest BCUT2D eigenvalue weighted by molar-refractivity contribution is -0.141. The highest BCUT2D eigenvalue weighted by Gasteiger charge is 2.33. The topological polar surface area (TPSA) is 75.6 Å². The van der Waals surface area contributed by atoms with Crippen LogP contribution in [0, 0.1) is 6.92 Å². The molecule has 0 saturated carbocycles. The van der Waals surface area contributed by atoms with E-state index in [4.69, 9.17) is 4.74 Å². The summed E-state index contributed by atoms with van der Waals surface area (Å²) in [6.45, 7) is 3.82. The molecular formula is C20H21NO4. The number of aryl methyl sites for hydroxylation is 1. The van der Waals surface area contributed by atoms with E-state index in [0.717, 1.165) is 16.9 Å². The number of fused-ring (bicyclic) bond motifs is 1. The highest BCUT2D eigenvalue weighted by molar-refractivity contribution is 5.86. The van der Waals surface area contributed by atoms with Gasteiger partial charge in [0, 0.05) is 12.0 Å². The summed E-state index contributed by atoms with van der Waals surface area (Å²) in [5, 5.41) is 12.4. The van der Waals surface area contributed by atoms with Gasteiger partial charge in [0.15, 0.2) is 0 Å². The van der Waals surface area contributed by atoms with Crippen molar-refractivity contribution < 1.29 is 19.4 Å². The van der Waals surface area contributed by atoms with Gasteiger partial charge in [-0.3, -0.25) is 9.59 Å². The molecule has 3 atom stereocenters. The third-order valence-corrected chi connectivity index (χ3v) is 4.52. The number of benzene rings is 2. The predicted molar refractivity (Wildman–Crippen MR) is 93.6 cm³/mol. The standard InChI is InChI=1S/C20H21NO4/c1-12-7-9-14(10-8-12)16(20(23)24)11-18(22)21-19-13(2)25-17-6-4-3-5-15(17)19/h3-10,13,16,19H,11H2,1-2H3,(H,21,22)(H,23,24). The third kappa shape index (κ3) is 3.65. The molecule has 0 fully saturated rings. The fourth-order valence-corrected chi connectivity index (χ4v) is 3.13. The lowest BCUT2D eigenvalue weighted by Crippen LogP contribution is -2.35. The van der Waals surface area contributed by atoms with E-state index in [1.54, 1.807) is 12.1 Å². The number of ether oxygens (including phenoxy) is 1. The van der Waals surface area contributed by atoms with Crippen molar-refractivity contribution in [1.82, 2.24) is 5.32 Å². The Morgan fingerprint density at radius 2 is 1.84 bits per heavy atom. The molecule has 0 saturated heterocycles. The zero-order valence-corrected chi connectivity index (χ0v) is 14.2. The Morgan fingerprint density at radius 3 is 2.52 bits per heavy atom. The number of hydrogen-bond donors (Lipinski definition) is 2. The van der Waals surface area contributed by atoms with Gasteiger partial charge in [0.1, 0.15) is 11.9 Å². The van der Waals surface area contributed by atoms with E-state index in [1.165, 1.54) is 0 Å². The second-order valence-electron chi connectivity index (χ2n) is 6.41. The van der Waals surface area contributed by atoms with Gasteiger partial charge in [0.2, 0.25) is 5.91 Å². The van der Waals surface area contributed by atoms with Crippen LogP contribution in [0.25, 0.3) is 0 Å². The monoisotopic (exact) mass is 339 g/mol. The number of para-hydroxylation sites is 1. The van der Waals surface area contributed by atoms with E-state index < -0.39 is 11.9 Å². The maximum absolute atomic E-state index is 12.5. The van der Waals surface area contributed by atoms with Gasteiger partial charge in [-0.15, -0.1) is 0 Å². The maximum atomic E-state index is 12.5. The molecule has 2 aromatic carbocycles. The number of carbonyl (C=O) groups is 2.